The lowest BCUT2D eigenvalue weighted by Gasteiger charge is -2.37. The van der Waals surface area contributed by atoms with Crippen molar-refractivity contribution in [2.75, 3.05) is 13.1 Å². The molecule has 2 aliphatic heterocycles. The summed E-state index contributed by atoms with van der Waals surface area (Å²) >= 11 is 2.17. The lowest BCUT2D eigenvalue weighted by molar-refractivity contribution is -0.125. The van der Waals surface area contributed by atoms with E-state index in [-0.39, 0.29) is 11.8 Å². The summed E-state index contributed by atoms with van der Waals surface area (Å²) in [6, 6.07) is 6.97. The van der Waals surface area contributed by atoms with Gasteiger partial charge in [0.1, 0.15) is 5.54 Å². The molecule has 2 N–H and O–H groups in total. The van der Waals surface area contributed by atoms with Gasteiger partial charge in [-0.1, -0.05) is 6.07 Å². The minimum Gasteiger partial charge on any atom is -0.338 e. The van der Waals surface area contributed by atoms with Crippen LogP contribution in [0.2, 0.25) is 0 Å². The van der Waals surface area contributed by atoms with Crippen LogP contribution in [-0.2, 0) is 4.79 Å². The van der Waals surface area contributed by atoms with E-state index in [2.05, 4.69) is 33.2 Å². The molecule has 1 aromatic rings. The quantitative estimate of drug-likeness (QED) is 0.549. The normalized spacial score (nSPS) is 20.3. The number of halogens is 1. The number of urea groups is 1. The minimum absolute atomic E-state index is 0.0342. The molecule has 0 unspecified atom stereocenters. The number of piperidine rings is 1. The fourth-order valence-electron chi connectivity index (χ4n) is 2.78. The Labute approximate surface area is 135 Å². The Hall–Kier alpha value is -1.64. The molecule has 0 atom stereocenters. The number of carbonyl (C=O) groups excluding carboxylic acids is 3. The maximum Gasteiger partial charge on any atom is 0.322 e. The first-order valence-electron chi connectivity index (χ1n) is 6.69. The number of hydrogen-bond donors (Lipinski definition) is 2. The average Bonchev–Trinajstić information content (AvgIpc) is 2.73. The summed E-state index contributed by atoms with van der Waals surface area (Å²) in [5.41, 5.74) is -0.184. The van der Waals surface area contributed by atoms with E-state index in [1.54, 1.807) is 11.0 Å². The van der Waals surface area contributed by atoms with E-state index in [0.29, 0.717) is 31.5 Å². The number of nitrogens with one attached hydrogen (secondary N) is 2. The smallest absolute Gasteiger partial charge is 0.322 e. The molecule has 6 nitrogen and oxygen atoms in total. The summed E-state index contributed by atoms with van der Waals surface area (Å²) in [5.74, 6) is -0.318. The van der Waals surface area contributed by atoms with Gasteiger partial charge in [0, 0.05) is 22.2 Å². The zero-order valence-corrected chi connectivity index (χ0v) is 13.3. The first kappa shape index (κ1) is 14.3. The van der Waals surface area contributed by atoms with E-state index in [1.165, 1.54) is 0 Å². The molecule has 2 saturated heterocycles. The molecule has 4 amide bonds. The number of rotatable bonds is 1. The van der Waals surface area contributed by atoms with Crippen LogP contribution in [0.1, 0.15) is 23.2 Å². The standard InChI is InChI=1S/C14H14IN3O3/c15-10-3-1-2-9(8-10)11(19)18-6-4-14(5-7-18)12(20)16-13(21)17-14/h1-3,8H,4-7H2,(H2,16,17,20,21). The lowest BCUT2D eigenvalue weighted by Crippen LogP contribution is -2.55. The summed E-state index contributed by atoms with van der Waals surface area (Å²) in [5, 5.41) is 4.96. The molecule has 0 saturated carbocycles. The second-order valence-electron chi connectivity index (χ2n) is 5.29. The summed E-state index contributed by atoms with van der Waals surface area (Å²) < 4.78 is 1.01. The molecule has 1 aromatic carbocycles. The SMILES string of the molecule is O=C1NC(=O)C2(CCN(C(=O)c3cccc(I)c3)CC2)N1. The number of likely N-dealkylation sites (tertiary alicyclic amines) is 1. The second-order valence-corrected chi connectivity index (χ2v) is 6.54. The van der Waals surface area contributed by atoms with Gasteiger partial charge in [0.05, 0.1) is 0 Å². The highest BCUT2D eigenvalue weighted by atomic mass is 127. The van der Waals surface area contributed by atoms with Crippen LogP contribution in [0.5, 0.6) is 0 Å². The third kappa shape index (κ3) is 2.61. The van der Waals surface area contributed by atoms with Gasteiger partial charge in [-0.25, -0.2) is 4.79 Å². The number of hydrogen-bond acceptors (Lipinski definition) is 3. The molecule has 0 radical (unpaired) electrons. The van der Waals surface area contributed by atoms with Gasteiger partial charge >= 0.3 is 6.03 Å². The number of imide groups is 1. The predicted octanol–water partition coefficient (Wildman–Crippen LogP) is 1.11. The van der Waals surface area contributed by atoms with Gasteiger partial charge in [0.25, 0.3) is 11.8 Å². The van der Waals surface area contributed by atoms with Crippen molar-refractivity contribution in [2.24, 2.45) is 0 Å². The van der Waals surface area contributed by atoms with Crippen molar-refractivity contribution in [3.05, 3.63) is 33.4 Å². The maximum atomic E-state index is 12.4. The first-order valence-corrected chi connectivity index (χ1v) is 7.76. The Kier molecular flexibility index (Phi) is 3.60. The van der Waals surface area contributed by atoms with Crippen molar-refractivity contribution in [1.82, 2.24) is 15.5 Å². The van der Waals surface area contributed by atoms with E-state index in [1.807, 2.05) is 18.2 Å². The third-order valence-corrected chi connectivity index (χ3v) is 4.66. The Morgan fingerprint density at radius 1 is 1.24 bits per heavy atom. The highest BCUT2D eigenvalue weighted by Gasteiger charge is 2.48. The highest BCUT2D eigenvalue weighted by molar-refractivity contribution is 14.1. The van der Waals surface area contributed by atoms with E-state index in [4.69, 9.17) is 0 Å². The highest BCUT2D eigenvalue weighted by Crippen LogP contribution is 2.26. The van der Waals surface area contributed by atoms with Crippen LogP contribution in [0.3, 0.4) is 0 Å². The summed E-state index contributed by atoms with van der Waals surface area (Å²) in [6.07, 6.45) is 0.889. The fourth-order valence-corrected chi connectivity index (χ4v) is 3.32. The molecule has 0 aliphatic carbocycles. The van der Waals surface area contributed by atoms with Crippen LogP contribution in [0.25, 0.3) is 0 Å². The Morgan fingerprint density at radius 2 is 1.95 bits per heavy atom. The van der Waals surface area contributed by atoms with E-state index in [9.17, 15) is 14.4 Å². The van der Waals surface area contributed by atoms with Gasteiger partial charge in [-0.05, 0) is 53.6 Å². The van der Waals surface area contributed by atoms with Gasteiger partial charge in [-0.2, -0.15) is 0 Å². The Balaban J connectivity index is 1.70. The molecule has 110 valence electrons. The monoisotopic (exact) mass is 399 g/mol. The zero-order valence-electron chi connectivity index (χ0n) is 11.2. The summed E-state index contributed by atoms with van der Waals surface area (Å²) in [7, 11) is 0. The molecule has 3 rings (SSSR count). The van der Waals surface area contributed by atoms with Gasteiger partial charge in [0.2, 0.25) is 0 Å². The lowest BCUT2D eigenvalue weighted by atomic mass is 9.87. The molecule has 1 spiro atoms. The number of amides is 4. The second kappa shape index (κ2) is 5.28. The summed E-state index contributed by atoms with van der Waals surface area (Å²) in [4.78, 5) is 37.3. The largest absolute Gasteiger partial charge is 0.338 e. The Morgan fingerprint density at radius 3 is 2.52 bits per heavy atom. The van der Waals surface area contributed by atoms with Crippen molar-refractivity contribution in [2.45, 2.75) is 18.4 Å². The predicted molar refractivity (Wildman–Crippen MR) is 83.7 cm³/mol. The van der Waals surface area contributed by atoms with Crippen LogP contribution >= 0.6 is 22.6 Å². The molecule has 0 bridgehead atoms. The fraction of sp³-hybridized carbons (Fsp3) is 0.357. The summed E-state index contributed by atoms with van der Waals surface area (Å²) in [6.45, 7) is 0.913. The minimum atomic E-state index is -0.834. The van der Waals surface area contributed by atoms with Crippen molar-refractivity contribution >= 4 is 40.4 Å². The number of benzene rings is 1. The Bertz CT molecular complexity index is 624. The third-order valence-electron chi connectivity index (χ3n) is 3.99. The molecular formula is C14H14IN3O3. The molecule has 2 fully saturated rings. The van der Waals surface area contributed by atoms with Crippen molar-refractivity contribution in [3.63, 3.8) is 0 Å². The topological polar surface area (TPSA) is 78.5 Å². The maximum absolute atomic E-state index is 12.4. The zero-order chi connectivity index (χ0) is 15.0. The molecule has 21 heavy (non-hydrogen) atoms. The van der Waals surface area contributed by atoms with Crippen LogP contribution < -0.4 is 10.6 Å². The molecular weight excluding hydrogens is 385 g/mol. The average molecular weight is 399 g/mol. The molecule has 7 heteroatoms. The van der Waals surface area contributed by atoms with Gasteiger partial charge < -0.3 is 10.2 Å². The van der Waals surface area contributed by atoms with Crippen molar-refractivity contribution in [3.8, 4) is 0 Å². The van der Waals surface area contributed by atoms with Crippen molar-refractivity contribution in [1.29, 1.82) is 0 Å². The van der Waals surface area contributed by atoms with Gasteiger partial charge in [0.15, 0.2) is 0 Å². The van der Waals surface area contributed by atoms with Gasteiger partial charge in [-0.3, -0.25) is 14.9 Å². The number of nitrogens with zero attached hydrogens (tertiary/aromatic N) is 1. The van der Waals surface area contributed by atoms with Crippen LogP contribution in [0.4, 0.5) is 4.79 Å². The van der Waals surface area contributed by atoms with E-state index >= 15 is 0 Å². The first-order chi connectivity index (χ1) is 10.00. The van der Waals surface area contributed by atoms with E-state index < -0.39 is 11.6 Å². The molecule has 0 aromatic heterocycles. The van der Waals surface area contributed by atoms with Gasteiger partial charge in [-0.15, -0.1) is 0 Å². The van der Waals surface area contributed by atoms with Crippen LogP contribution in [0.15, 0.2) is 24.3 Å². The number of carbonyl (C=O) groups is 3. The van der Waals surface area contributed by atoms with E-state index in [0.717, 1.165) is 3.57 Å². The van der Waals surface area contributed by atoms with Crippen LogP contribution in [0, 0.1) is 3.57 Å². The van der Waals surface area contributed by atoms with Crippen LogP contribution in [-0.4, -0.2) is 41.4 Å². The molecule has 2 heterocycles. The van der Waals surface area contributed by atoms with Crippen molar-refractivity contribution < 1.29 is 14.4 Å². The molecule has 2 aliphatic rings.